The Bertz CT molecular complexity index is 356. The van der Waals surface area contributed by atoms with Crippen LogP contribution < -0.4 is 4.74 Å². The van der Waals surface area contributed by atoms with Crippen LogP contribution in [-0.2, 0) is 0 Å². The van der Waals surface area contributed by atoms with Crippen LogP contribution in [0.5, 0.6) is 5.75 Å². The van der Waals surface area contributed by atoms with E-state index in [4.69, 9.17) is 11.6 Å². The SMILES string of the molecule is COc1cc(Cl)cc([N+](=O)[O-])c1F. The fraction of sp³-hybridized carbons (Fsp3) is 0.143. The number of nitro benzene ring substituents is 1. The van der Waals surface area contributed by atoms with Gasteiger partial charge in [0.05, 0.1) is 17.1 Å². The number of nitro groups is 1. The molecule has 70 valence electrons. The molecule has 0 amide bonds. The molecule has 1 rings (SSSR count). The summed E-state index contributed by atoms with van der Waals surface area (Å²) in [6.45, 7) is 0. The lowest BCUT2D eigenvalue weighted by Gasteiger charge is -2.02. The van der Waals surface area contributed by atoms with Gasteiger partial charge in [0, 0.05) is 12.1 Å². The number of rotatable bonds is 2. The zero-order valence-electron chi connectivity index (χ0n) is 6.58. The van der Waals surface area contributed by atoms with E-state index in [1.165, 1.54) is 13.2 Å². The zero-order chi connectivity index (χ0) is 10.0. The van der Waals surface area contributed by atoms with Crippen molar-refractivity contribution < 1.29 is 14.1 Å². The highest BCUT2D eigenvalue weighted by atomic mass is 35.5. The maximum atomic E-state index is 13.1. The molecule has 0 heterocycles. The minimum absolute atomic E-state index is 0.0601. The summed E-state index contributed by atoms with van der Waals surface area (Å²) >= 11 is 5.49. The van der Waals surface area contributed by atoms with Gasteiger partial charge < -0.3 is 4.74 Å². The first kappa shape index (κ1) is 9.73. The summed E-state index contributed by atoms with van der Waals surface area (Å²) in [6, 6.07) is 2.10. The van der Waals surface area contributed by atoms with Gasteiger partial charge in [-0.3, -0.25) is 10.1 Å². The van der Waals surface area contributed by atoms with Gasteiger partial charge in [-0.25, -0.2) is 0 Å². The Morgan fingerprint density at radius 1 is 1.62 bits per heavy atom. The maximum Gasteiger partial charge on any atom is 0.310 e. The van der Waals surface area contributed by atoms with Crippen molar-refractivity contribution >= 4 is 17.3 Å². The molecule has 6 heteroatoms. The minimum atomic E-state index is -1.02. The van der Waals surface area contributed by atoms with Crippen LogP contribution in [0.4, 0.5) is 10.1 Å². The molecule has 0 atom stereocenters. The highest BCUT2D eigenvalue weighted by Crippen LogP contribution is 2.30. The van der Waals surface area contributed by atoms with Gasteiger partial charge in [-0.2, -0.15) is 4.39 Å². The Morgan fingerprint density at radius 3 is 2.69 bits per heavy atom. The first-order chi connectivity index (χ1) is 6.06. The Balaban J connectivity index is 3.35. The van der Waals surface area contributed by atoms with Crippen molar-refractivity contribution in [3.05, 3.63) is 33.1 Å². The minimum Gasteiger partial charge on any atom is -0.493 e. The molecular weight excluding hydrogens is 201 g/mol. The lowest BCUT2D eigenvalue weighted by Crippen LogP contribution is -1.95. The first-order valence-corrected chi connectivity index (χ1v) is 3.61. The van der Waals surface area contributed by atoms with Crippen molar-refractivity contribution in [2.75, 3.05) is 7.11 Å². The van der Waals surface area contributed by atoms with E-state index in [9.17, 15) is 14.5 Å². The van der Waals surface area contributed by atoms with E-state index in [0.717, 1.165) is 6.07 Å². The molecule has 0 aliphatic carbocycles. The second-order valence-corrected chi connectivity index (χ2v) is 2.63. The number of halogens is 2. The normalized spacial score (nSPS) is 9.77. The average molecular weight is 206 g/mol. The Kier molecular flexibility index (Phi) is 2.67. The molecule has 0 unspecified atom stereocenters. The molecule has 0 fully saturated rings. The second kappa shape index (κ2) is 3.57. The molecule has 0 bridgehead atoms. The Hall–Kier alpha value is -1.36. The van der Waals surface area contributed by atoms with Crippen LogP contribution >= 0.6 is 11.6 Å². The summed E-state index contributed by atoms with van der Waals surface area (Å²) in [5, 5.41) is 10.4. The number of ether oxygens (including phenoxy) is 1. The molecule has 0 saturated carbocycles. The highest BCUT2D eigenvalue weighted by molar-refractivity contribution is 6.30. The van der Waals surface area contributed by atoms with E-state index in [0.29, 0.717) is 0 Å². The van der Waals surface area contributed by atoms with E-state index in [2.05, 4.69) is 4.74 Å². The molecule has 1 aromatic carbocycles. The van der Waals surface area contributed by atoms with Crippen LogP contribution in [-0.4, -0.2) is 12.0 Å². The molecule has 0 radical (unpaired) electrons. The van der Waals surface area contributed by atoms with Crippen molar-refractivity contribution in [2.24, 2.45) is 0 Å². The summed E-state index contributed by atoms with van der Waals surface area (Å²) in [6.07, 6.45) is 0. The molecule has 0 saturated heterocycles. The zero-order valence-corrected chi connectivity index (χ0v) is 7.34. The van der Waals surface area contributed by atoms with Crippen LogP contribution in [0.15, 0.2) is 12.1 Å². The second-order valence-electron chi connectivity index (χ2n) is 2.20. The first-order valence-electron chi connectivity index (χ1n) is 3.23. The van der Waals surface area contributed by atoms with E-state index < -0.39 is 16.4 Å². The van der Waals surface area contributed by atoms with E-state index in [-0.39, 0.29) is 10.8 Å². The smallest absolute Gasteiger partial charge is 0.310 e. The summed E-state index contributed by atoms with van der Waals surface area (Å²) in [5.74, 6) is -1.25. The molecule has 0 aliphatic heterocycles. The fourth-order valence-corrected chi connectivity index (χ4v) is 1.03. The lowest BCUT2D eigenvalue weighted by atomic mass is 10.3. The summed E-state index contributed by atoms with van der Waals surface area (Å²) in [4.78, 5) is 9.44. The highest BCUT2D eigenvalue weighted by Gasteiger charge is 2.19. The third-order valence-corrected chi connectivity index (χ3v) is 1.62. The van der Waals surface area contributed by atoms with Gasteiger partial charge in [-0.05, 0) is 0 Å². The standard InChI is InChI=1S/C7H5ClFNO3/c1-13-6-3-4(8)2-5(7(6)9)10(11)12/h2-3H,1H3. The van der Waals surface area contributed by atoms with E-state index in [1.54, 1.807) is 0 Å². The van der Waals surface area contributed by atoms with Crippen molar-refractivity contribution in [3.63, 3.8) is 0 Å². The number of benzene rings is 1. The molecule has 1 aromatic rings. The number of nitrogens with zero attached hydrogens (tertiary/aromatic N) is 1. The van der Waals surface area contributed by atoms with Gasteiger partial charge in [0.25, 0.3) is 0 Å². The number of methoxy groups -OCH3 is 1. The van der Waals surface area contributed by atoms with Gasteiger partial charge in [-0.1, -0.05) is 11.6 Å². The van der Waals surface area contributed by atoms with E-state index in [1.807, 2.05) is 0 Å². The van der Waals surface area contributed by atoms with Crippen LogP contribution in [0.25, 0.3) is 0 Å². The molecule has 0 aliphatic rings. The number of hydrogen-bond donors (Lipinski definition) is 0. The maximum absolute atomic E-state index is 13.1. The molecule has 0 N–H and O–H groups in total. The van der Waals surface area contributed by atoms with Crippen LogP contribution in [0.2, 0.25) is 5.02 Å². The van der Waals surface area contributed by atoms with Gasteiger partial charge in [0.1, 0.15) is 0 Å². The van der Waals surface area contributed by atoms with Gasteiger partial charge in [0.2, 0.25) is 5.82 Å². The van der Waals surface area contributed by atoms with Crippen molar-refractivity contribution in [3.8, 4) is 5.75 Å². The molecule has 4 nitrogen and oxygen atoms in total. The van der Waals surface area contributed by atoms with Gasteiger partial charge >= 0.3 is 5.69 Å². The quantitative estimate of drug-likeness (QED) is 0.550. The third kappa shape index (κ3) is 1.86. The summed E-state index contributed by atoms with van der Waals surface area (Å²) in [7, 11) is 1.21. The van der Waals surface area contributed by atoms with Gasteiger partial charge in [-0.15, -0.1) is 0 Å². The molecule has 0 aromatic heterocycles. The molecule has 0 spiro atoms. The monoisotopic (exact) mass is 205 g/mol. The topological polar surface area (TPSA) is 52.4 Å². The Morgan fingerprint density at radius 2 is 2.23 bits per heavy atom. The largest absolute Gasteiger partial charge is 0.493 e. The van der Waals surface area contributed by atoms with Crippen LogP contribution in [0, 0.1) is 15.9 Å². The van der Waals surface area contributed by atoms with Crippen molar-refractivity contribution in [1.82, 2.24) is 0 Å². The predicted octanol–water partition coefficient (Wildman–Crippen LogP) is 2.40. The van der Waals surface area contributed by atoms with Gasteiger partial charge in [0.15, 0.2) is 5.75 Å². The summed E-state index contributed by atoms with van der Waals surface area (Å²) < 4.78 is 17.6. The third-order valence-electron chi connectivity index (χ3n) is 1.40. The van der Waals surface area contributed by atoms with Crippen LogP contribution in [0.1, 0.15) is 0 Å². The predicted molar refractivity (Wildman–Crippen MR) is 44.6 cm³/mol. The van der Waals surface area contributed by atoms with Crippen LogP contribution in [0.3, 0.4) is 0 Å². The molecule has 13 heavy (non-hydrogen) atoms. The average Bonchev–Trinajstić information content (AvgIpc) is 2.08. The van der Waals surface area contributed by atoms with Crippen molar-refractivity contribution in [2.45, 2.75) is 0 Å². The molecular formula is C7H5ClFNO3. The summed E-state index contributed by atoms with van der Waals surface area (Å²) in [5.41, 5.74) is -0.690. The lowest BCUT2D eigenvalue weighted by molar-refractivity contribution is -0.387. The van der Waals surface area contributed by atoms with E-state index >= 15 is 0 Å². The number of hydrogen-bond acceptors (Lipinski definition) is 3. The van der Waals surface area contributed by atoms with Crippen molar-refractivity contribution in [1.29, 1.82) is 0 Å². The Labute approximate surface area is 78.0 Å². The fourth-order valence-electron chi connectivity index (χ4n) is 0.832.